The Morgan fingerprint density at radius 1 is 0.875 bits per heavy atom. The van der Waals surface area contributed by atoms with Crippen molar-refractivity contribution in [3.05, 3.63) is 12.7 Å². The molecule has 0 aliphatic carbocycles. The fourth-order valence-corrected chi connectivity index (χ4v) is 2.78. The van der Waals surface area contributed by atoms with Crippen molar-refractivity contribution in [3.63, 3.8) is 0 Å². The first-order chi connectivity index (χ1) is 15.1. The van der Waals surface area contributed by atoms with Gasteiger partial charge in [-0.1, -0.05) is 78.9 Å². The van der Waals surface area contributed by atoms with E-state index in [-0.39, 0.29) is 25.9 Å². The summed E-state index contributed by atoms with van der Waals surface area (Å²) in [7, 11) is 0. The highest BCUT2D eigenvalue weighted by atomic mass is 16.6. The van der Waals surface area contributed by atoms with Gasteiger partial charge in [-0.15, -0.1) is 0 Å². The van der Waals surface area contributed by atoms with Gasteiger partial charge in [0.05, 0.1) is 6.61 Å². The number of hydrogen-bond donors (Lipinski definition) is 2. The quantitative estimate of drug-likeness (QED) is 0.135. The Hall–Kier alpha value is -2.38. The van der Waals surface area contributed by atoms with Crippen LogP contribution in [0.15, 0.2) is 12.7 Å². The van der Waals surface area contributed by atoms with Crippen LogP contribution in [0, 0.1) is 11.3 Å². The zero-order valence-corrected chi connectivity index (χ0v) is 20.2. The number of aliphatic carboxylic acids is 2. The number of carboxylic acid groups (broad SMARTS) is 2. The number of esters is 2. The Balaban J connectivity index is 0. The largest absolute Gasteiger partial charge is 0.480 e. The standard InChI is InChI=1S/C13H24O4.C11H18O4/c1-3-5-7-9-13(11(14)15,12(16)17)10-8-6-4-2;1-4-6-14-10(12)8-11(13)15-7-5-9(2)3/h3-10H2,1-2H3,(H,14,15)(H,16,17);4,9H,1,5-8H2,2-3H3. The van der Waals surface area contributed by atoms with Gasteiger partial charge in [0.2, 0.25) is 0 Å². The Kier molecular flexibility index (Phi) is 19.2. The third-order valence-corrected chi connectivity index (χ3v) is 4.84. The summed E-state index contributed by atoms with van der Waals surface area (Å²) in [5.74, 6) is -3.01. The monoisotopic (exact) mass is 458 g/mol. The Bertz CT molecular complexity index is 542. The number of hydrogen-bond acceptors (Lipinski definition) is 6. The molecule has 0 saturated carbocycles. The second kappa shape index (κ2) is 19.3. The lowest BCUT2D eigenvalue weighted by Gasteiger charge is -2.24. The van der Waals surface area contributed by atoms with Crippen LogP contribution in [0.25, 0.3) is 0 Å². The Morgan fingerprint density at radius 2 is 1.34 bits per heavy atom. The third kappa shape index (κ3) is 15.4. The van der Waals surface area contributed by atoms with Gasteiger partial charge in [0.1, 0.15) is 13.0 Å². The predicted octanol–water partition coefficient (Wildman–Crippen LogP) is 5.00. The summed E-state index contributed by atoms with van der Waals surface area (Å²) in [6.45, 7) is 12.0. The number of carbonyl (C=O) groups is 4. The molecule has 0 aliphatic heterocycles. The lowest BCUT2D eigenvalue weighted by atomic mass is 9.78. The van der Waals surface area contributed by atoms with Crippen molar-refractivity contribution in [2.45, 2.75) is 91.9 Å². The normalized spacial score (nSPS) is 10.7. The van der Waals surface area contributed by atoms with E-state index in [1.807, 2.05) is 27.7 Å². The Morgan fingerprint density at radius 3 is 1.72 bits per heavy atom. The van der Waals surface area contributed by atoms with E-state index in [0.717, 1.165) is 32.1 Å². The van der Waals surface area contributed by atoms with Crippen LogP contribution >= 0.6 is 0 Å². The van der Waals surface area contributed by atoms with Gasteiger partial charge in [0, 0.05) is 0 Å². The van der Waals surface area contributed by atoms with E-state index >= 15 is 0 Å². The van der Waals surface area contributed by atoms with Crippen molar-refractivity contribution in [1.29, 1.82) is 0 Å². The first kappa shape index (κ1) is 31.8. The average molecular weight is 459 g/mol. The van der Waals surface area contributed by atoms with Crippen LogP contribution in [0.2, 0.25) is 0 Å². The summed E-state index contributed by atoms with van der Waals surface area (Å²) in [6, 6.07) is 0. The molecule has 0 rings (SSSR count). The molecule has 0 aromatic heterocycles. The molecule has 0 bridgehead atoms. The molecule has 0 atom stereocenters. The van der Waals surface area contributed by atoms with Gasteiger partial charge in [-0.3, -0.25) is 19.2 Å². The van der Waals surface area contributed by atoms with Crippen molar-refractivity contribution in [2.75, 3.05) is 13.2 Å². The molecule has 32 heavy (non-hydrogen) atoms. The number of carbonyl (C=O) groups excluding carboxylic acids is 2. The molecule has 0 heterocycles. The van der Waals surface area contributed by atoms with Crippen molar-refractivity contribution in [2.24, 2.45) is 11.3 Å². The van der Waals surface area contributed by atoms with Crippen LogP contribution in [-0.4, -0.2) is 47.3 Å². The van der Waals surface area contributed by atoms with E-state index in [1.54, 1.807) is 0 Å². The Labute approximate surface area is 192 Å². The molecule has 0 amide bonds. The first-order valence-electron chi connectivity index (χ1n) is 11.5. The van der Waals surface area contributed by atoms with E-state index in [0.29, 0.717) is 25.4 Å². The molecule has 0 unspecified atom stereocenters. The highest BCUT2D eigenvalue weighted by Crippen LogP contribution is 2.32. The van der Waals surface area contributed by atoms with E-state index in [4.69, 9.17) is 4.74 Å². The van der Waals surface area contributed by atoms with E-state index < -0.39 is 29.3 Å². The van der Waals surface area contributed by atoms with Crippen molar-refractivity contribution in [3.8, 4) is 0 Å². The molecular weight excluding hydrogens is 416 g/mol. The van der Waals surface area contributed by atoms with Gasteiger partial charge in [-0.25, -0.2) is 0 Å². The molecule has 0 radical (unpaired) electrons. The molecule has 0 aliphatic rings. The van der Waals surface area contributed by atoms with Gasteiger partial charge in [-0.2, -0.15) is 0 Å². The van der Waals surface area contributed by atoms with Gasteiger partial charge in [0.15, 0.2) is 5.41 Å². The fraction of sp³-hybridized carbons (Fsp3) is 0.750. The van der Waals surface area contributed by atoms with E-state index in [1.165, 1.54) is 6.08 Å². The lowest BCUT2D eigenvalue weighted by Crippen LogP contribution is -2.39. The van der Waals surface area contributed by atoms with Gasteiger partial charge in [0.25, 0.3) is 0 Å². The maximum atomic E-state index is 11.3. The topological polar surface area (TPSA) is 127 Å². The molecule has 0 aromatic carbocycles. The molecule has 0 fully saturated rings. The van der Waals surface area contributed by atoms with E-state index in [9.17, 15) is 29.4 Å². The van der Waals surface area contributed by atoms with Gasteiger partial charge in [-0.05, 0) is 25.2 Å². The predicted molar refractivity (Wildman–Crippen MR) is 122 cm³/mol. The number of ether oxygens (including phenoxy) is 2. The molecule has 8 nitrogen and oxygen atoms in total. The van der Waals surface area contributed by atoms with Crippen LogP contribution in [0.4, 0.5) is 0 Å². The zero-order chi connectivity index (χ0) is 25.0. The van der Waals surface area contributed by atoms with Crippen LogP contribution in [0.5, 0.6) is 0 Å². The second-order valence-electron chi connectivity index (χ2n) is 8.16. The molecule has 0 aromatic rings. The molecule has 8 heteroatoms. The minimum Gasteiger partial charge on any atom is -0.480 e. The van der Waals surface area contributed by atoms with Crippen molar-refractivity contribution >= 4 is 23.9 Å². The number of rotatable bonds is 17. The minimum atomic E-state index is -1.57. The second-order valence-corrected chi connectivity index (χ2v) is 8.16. The minimum absolute atomic E-state index is 0.123. The third-order valence-electron chi connectivity index (χ3n) is 4.84. The van der Waals surface area contributed by atoms with Crippen molar-refractivity contribution < 1.29 is 38.9 Å². The fourth-order valence-electron chi connectivity index (χ4n) is 2.78. The summed E-state index contributed by atoms with van der Waals surface area (Å²) in [4.78, 5) is 44.5. The van der Waals surface area contributed by atoms with Crippen LogP contribution in [0.1, 0.15) is 91.9 Å². The highest BCUT2D eigenvalue weighted by Gasteiger charge is 2.45. The summed E-state index contributed by atoms with van der Waals surface area (Å²) >= 11 is 0. The van der Waals surface area contributed by atoms with E-state index in [2.05, 4.69) is 11.3 Å². The molecule has 186 valence electrons. The summed E-state index contributed by atoms with van der Waals surface area (Å²) in [5, 5.41) is 18.4. The molecule has 0 saturated heterocycles. The maximum Gasteiger partial charge on any atom is 0.321 e. The first-order valence-corrected chi connectivity index (χ1v) is 11.5. The zero-order valence-electron chi connectivity index (χ0n) is 20.2. The summed E-state index contributed by atoms with van der Waals surface area (Å²) in [6.07, 6.45) is 7.44. The number of carboxylic acids is 2. The smallest absolute Gasteiger partial charge is 0.321 e. The highest BCUT2D eigenvalue weighted by molar-refractivity contribution is 5.98. The van der Waals surface area contributed by atoms with Crippen LogP contribution < -0.4 is 0 Å². The summed E-state index contributed by atoms with van der Waals surface area (Å²) in [5.41, 5.74) is -1.57. The van der Waals surface area contributed by atoms with Crippen molar-refractivity contribution in [1.82, 2.24) is 0 Å². The summed E-state index contributed by atoms with van der Waals surface area (Å²) < 4.78 is 9.47. The molecular formula is C24H42O8. The van der Waals surface area contributed by atoms with Crippen LogP contribution in [0.3, 0.4) is 0 Å². The SMILES string of the molecule is C=CCOC(=O)CC(=O)OCCC(C)C.CCCCCC(CCCCC)(C(=O)O)C(=O)O. The van der Waals surface area contributed by atoms with Gasteiger partial charge < -0.3 is 19.7 Å². The maximum absolute atomic E-state index is 11.3. The van der Waals surface area contributed by atoms with Crippen LogP contribution in [-0.2, 0) is 28.7 Å². The average Bonchev–Trinajstić information content (AvgIpc) is 2.71. The number of unbranched alkanes of at least 4 members (excludes halogenated alkanes) is 4. The molecule has 0 spiro atoms. The van der Waals surface area contributed by atoms with Gasteiger partial charge >= 0.3 is 23.9 Å². The lowest BCUT2D eigenvalue weighted by molar-refractivity contribution is -0.166. The molecule has 2 N–H and O–H groups in total.